The number of esters is 1. The van der Waals surface area contributed by atoms with E-state index in [1.54, 1.807) is 0 Å². The number of carbonyl (C=O) groups is 2. The number of hydrogen-bond acceptors (Lipinski definition) is 6. The van der Waals surface area contributed by atoms with E-state index < -0.39 is 35.1 Å². The molecule has 0 heterocycles. The largest absolute Gasteiger partial charge is 0.495 e. The molecule has 148 valence electrons. The van der Waals surface area contributed by atoms with Gasteiger partial charge in [0.15, 0.2) is 6.61 Å². The van der Waals surface area contributed by atoms with Gasteiger partial charge in [0.25, 0.3) is 11.6 Å². The third-order valence-corrected chi connectivity index (χ3v) is 3.45. The second-order valence-corrected chi connectivity index (χ2v) is 5.34. The molecule has 0 aliphatic rings. The molecule has 2 aromatic carbocycles. The number of halogens is 3. The van der Waals surface area contributed by atoms with Crippen molar-refractivity contribution in [2.45, 2.75) is 6.18 Å². The zero-order valence-electron chi connectivity index (χ0n) is 14.3. The monoisotopic (exact) mass is 398 g/mol. The highest BCUT2D eigenvalue weighted by molar-refractivity contribution is 5.96. The first-order valence-electron chi connectivity index (χ1n) is 7.58. The third kappa shape index (κ3) is 5.19. The predicted molar refractivity (Wildman–Crippen MR) is 90.0 cm³/mol. The van der Waals surface area contributed by atoms with Crippen LogP contribution in [0.25, 0.3) is 0 Å². The molecule has 1 amide bonds. The van der Waals surface area contributed by atoms with Crippen LogP contribution in [0.3, 0.4) is 0 Å². The lowest BCUT2D eigenvalue weighted by molar-refractivity contribution is -0.384. The summed E-state index contributed by atoms with van der Waals surface area (Å²) in [5.74, 6) is -1.68. The predicted octanol–water partition coefficient (Wildman–Crippen LogP) is 3.42. The fourth-order valence-corrected chi connectivity index (χ4v) is 2.10. The van der Waals surface area contributed by atoms with Crippen LogP contribution in [0.5, 0.6) is 5.75 Å². The number of amides is 1. The lowest BCUT2D eigenvalue weighted by Gasteiger charge is -2.10. The molecule has 0 radical (unpaired) electrons. The summed E-state index contributed by atoms with van der Waals surface area (Å²) in [4.78, 5) is 33.9. The van der Waals surface area contributed by atoms with Gasteiger partial charge in [0.2, 0.25) is 0 Å². The number of methoxy groups -OCH3 is 1. The molecule has 2 aromatic rings. The zero-order chi connectivity index (χ0) is 20.9. The minimum absolute atomic E-state index is 0.00715. The summed E-state index contributed by atoms with van der Waals surface area (Å²) < 4.78 is 47.2. The first kappa shape index (κ1) is 20.7. The van der Waals surface area contributed by atoms with Crippen molar-refractivity contribution in [3.8, 4) is 5.75 Å². The van der Waals surface area contributed by atoms with E-state index in [1.165, 1.54) is 19.2 Å². The number of nitro benzene ring substituents is 1. The fourth-order valence-electron chi connectivity index (χ4n) is 2.10. The quantitative estimate of drug-likeness (QED) is 0.454. The maximum Gasteiger partial charge on any atom is 0.416 e. The SMILES string of the molecule is COc1ccc([N+](=O)[O-])cc1NC(=O)COC(=O)c1ccc(C(F)(F)F)cc1. The average molecular weight is 398 g/mol. The van der Waals surface area contributed by atoms with Crippen LogP contribution in [0.1, 0.15) is 15.9 Å². The summed E-state index contributed by atoms with van der Waals surface area (Å²) in [5.41, 5.74) is -1.40. The number of nitro groups is 1. The van der Waals surface area contributed by atoms with Gasteiger partial charge in [-0.2, -0.15) is 13.2 Å². The van der Waals surface area contributed by atoms with Gasteiger partial charge < -0.3 is 14.8 Å². The van der Waals surface area contributed by atoms with Gasteiger partial charge >= 0.3 is 12.1 Å². The van der Waals surface area contributed by atoms with Crippen molar-refractivity contribution in [2.75, 3.05) is 19.0 Å². The first-order valence-corrected chi connectivity index (χ1v) is 7.58. The number of anilines is 1. The van der Waals surface area contributed by atoms with Gasteiger partial charge in [0.1, 0.15) is 5.75 Å². The van der Waals surface area contributed by atoms with Crippen LogP contribution in [0, 0.1) is 10.1 Å². The molecule has 0 atom stereocenters. The summed E-state index contributed by atoms with van der Waals surface area (Å²) in [6.45, 7) is -0.758. The van der Waals surface area contributed by atoms with Crippen molar-refractivity contribution < 1.29 is 37.2 Å². The number of benzene rings is 2. The Morgan fingerprint density at radius 3 is 2.32 bits per heavy atom. The molecule has 0 aliphatic heterocycles. The highest BCUT2D eigenvalue weighted by atomic mass is 19.4. The lowest BCUT2D eigenvalue weighted by Crippen LogP contribution is -2.21. The normalized spacial score (nSPS) is 10.9. The Morgan fingerprint density at radius 1 is 1.14 bits per heavy atom. The molecule has 2 rings (SSSR count). The molecule has 0 spiro atoms. The van der Waals surface area contributed by atoms with Gasteiger partial charge in [0, 0.05) is 12.1 Å². The van der Waals surface area contributed by atoms with Crippen LogP contribution in [0.15, 0.2) is 42.5 Å². The summed E-state index contributed by atoms with van der Waals surface area (Å²) in [6, 6.07) is 6.80. The number of hydrogen-bond donors (Lipinski definition) is 1. The van der Waals surface area contributed by atoms with E-state index in [9.17, 15) is 32.9 Å². The maximum atomic E-state index is 12.5. The maximum absolute atomic E-state index is 12.5. The Bertz CT molecular complexity index is 897. The Hall–Kier alpha value is -3.63. The van der Waals surface area contributed by atoms with Crippen molar-refractivity contribution in [3.05, 3.63) is 63.7 Å². The van der Waals surface area contributed by atoms with Crippen molar-refractivity contribution >= 4 is 23.3 Å². The molecule has 0 bridgehead atoms. The number of non-ortho nitro benzene ring substituents is 1. The van der Waals surface area contributed by atoms with Gasteiger partial charge in [0.05, 0.1) is 28.8 Å². The first-order chi connectivity index (χ1) is 13.1. The molecule has 0 aromatic heterocycles. The number of alkyl halides is 3. The average Bonchev–Trinajstić information content (AvgIpc) is 2.65. The molecular weight excluding hydrogens is 385 g/mol. The fraction of sp³-hybridized carbons (Fsp3) is 0.176. The molecule has 0 aliphatic carbocycles. The van der Waals surface area contributed by atoms with E-state index in [2.05, 4.69) is 5.32 Å². The smallest absolute Gasteiger partial charge is 0.416 e. The topological polar surface area (TPSA) is 108 Å². The van der Waals surface area contributed by atoms with E-state index in [0.717, 1.165) is 18.2 Å². The molecule has 0 saturated carbocycles. The second-order valence-electron chi connectivity index (χ2n) is 5.34. The molecule has 11 heteroatoms. The highest BCUT2D eigenvalue weighted by Gasteiger charge is 2.30. The molecule has 0 unspecified atom stereocenters. The summed E-state index contributed by atoms with van der Waals surface area (Å²) in [6.07, 6.45) is -4.54. The summed E-state index contributed by atoms with van der Waals surface area (Å²) in [7, 11) is 1.29. The van der Waals surface area contributed by atoms with Crippen molar-refractivity contribution in [1.82, 2.24) is 0 Å². The van der Waals surface area contributed by atoms with Crippen molar-refractivity contribution in [1.29, 1.82) is 0 Å². The second kappa shape index (κ2) is 8.37. The lowest BCUT2D eigenvalue weighted by atomic mass is 10.1. The van der Waals surface area contributed by atoms with Crippen molar-refractivity contribution in [3.63, 3.8) is 0 Å². The van der Waals surface area contributed by atoms with E-state index in [-0.39, 0.29) is 22.7 Å². The number of nitrogens with one attached hydrogen (secondary N) is 1. The van der Waals surface area contributed by atoms with E-state index in [0.29, 0.717) is 12.1 Å². The van der Waals surface area contributed by atoms with E-state index in [4.69, 9.17) is 9.47 Å². The van der Waals surface area contributed by atoms with Crippen LogP contribution in [-0.2, 0) is 15.7 Å². The Kier molecular flexibility index (Phi) is 6.18. The molecule has 1 N–H and O–H groups in total. The van der Waals surface area contributed by atoms with Crippen LogP contribution in [0.2, 0.25) is 0 Å². The Labute approximate surface area is 156 Å². The minimum atomic E-state index is -4.54. The number of rotatable bonds is 6. The van der Waals surface area contributed by atoms with Crippen LogP contribution in [0.4, 0.5) is 24.5 Å². The van der Waals surface area contributed by atoms with Gasteiger partial charge in [-0.05, 0) is 30.3 Å². The minimum Gasteiger partial charge on any atom is -0.495 e. The van der Waals surface area contributed by atoms with Crippen LogP contribution in [-0.4, -0.2) is 30.5 Å². The summed E-state index contributed by atoms with van der Waals surface area (Å²) >= 11 is 0. The molecule has 0 fully saturated rings. The van der Waals surface area contributed by atoms with E-state index in [1.807, 2.05) is 0 Å². The third-order valence-electron chi connectivity index (χ3n) is 3.45. The number of nitrogens with zero attached hydrogens (tertiary/aromatic N) is 1. The van der Waals surface area contributed by atoms with Gasteiger partial charge in [-0.25, -0.2) is 4.79 Å². The summed E-state index contributed by atoms with van der Waals surface area (Å²) in [5, 5.41) is 13.1. The molecular formula is C17H13F3N2O6. The molecule has 0 saturated heterocycles. The zero-order valence-corrected chi connectivity index (χ0v) is 14.3. The number of carbonyl (C=O) groups excluding carboxylic acids is 2. The molecule has 28 heavy (non-hydrogen) atoms. The van der Waals surface area contributed by atoms with Crippen molar-refractivity contribution in [2.24, 2.45) is 0 Å². The Morgan fingerprint density at radius 2 is 1.79 bits per heavy atom. The van der Waals surface area contributed by atoms with Gasteiger partial charge in [-0.1, -0.05) is 0 Å². The van der Waals surface area contributed by atoms with Gasteiger partial charge in [-0.3, -0.25) is 14.9 Å². The van der Waals surface area contributed by atoms with Gasteiger partial charge in [-0.15, -0.1) is 0 Å². The Balaban J connectivity index is 2.00. The standard InChI is InChI=1S/C17H13F3N2O6/c1-27-14-7-6-12(22(25)26)8-13(14)21-15(23)9-28-16(24)10-2-4-11(5-3-10)17(18,19)20/h2-8H,9H2,1H3,(H,21,23). The van der Waals surface area contributed by atoms with E-state index >= 15 is 0 Å². The van der Waals surface area contributed by atoms with Crippen LogP contribution < -0.4 is 10.1 Å². The van der Waals surface area contributed by atoms with Crippen LogP contribution >= 0.6 is 0 Å². The molecule has 8 nitrogen and oxygen atoms in total. The highest BCUT2D eigenvalue weighted by Crippen LogP contribution is 2.30. The number of ether oxygens (including phenoxy) is 2.